The number of benzene rings is 3. The van der Waals surface area contributed by atoms with E-state index < -0.39 is 23.7 Å². The van der Waals surface area contributed by atoms with Crippen LogP contribution in [0.15, 0.2) is 66.7 Å². The van der Waals surface area contributed by atoms with Crippen LogP contribution in [0.5, 0.6) is 5.75 Å². The monoisotopic (exact) mass is 442 g/mol. The molecule has 0 radical (unpaired) electrons. The van der Waals surface area contributed by atoms with Gasteiger partial charge in [0, 0.05) is 30.7 Å². The van der Waals surface area contributed by atoms with Crippen LogP contribution in [0.25, 0.3) is 0 Å². The topological polar surface area (TPSA) is 110 Å². The summed E-state index contributed by atoms with van der Waals surface area (Å²) in [5.41, 5.74) is 2.12. The van der Waals surface area contributed by atoms with Crippen LogP contribution in [0.2, 0.25) is 0 Å². The zero-order valence-electron chi connectivity index (χ0n) is 17.5. The number of nitrogens with one attached hydrogen (secondary N) is 1. The Morgan fingerprint density at radius 2 is 1.67 bits per heavy atom. The quantitative estimate of drug-likeness (QED) is 0.272. The summed E-state index contributed by atoms with van der Waals surface area (Å²) < 4.78 is 5.03. The molecule has 0 unspecified atom stereocenters. The normalized spacial score (nSPS) is 12.3. The third-order valence-electron chi connectivity index (χ3n) is 5.06. The number of esters is 1. The van der Waals surface area contributed by atoms with Crippen molar-refractivity contribution < 1.29 is 28.7 Å². The van der Waals surface area contributed by atoms with Gasteiger partial charge in [0.2, 0.25) is 0 Å². The molecule has 3 amide bonds. The molecule has 4 rings (SSSR count). The van der Waals surface area contributed by atoms with Crippen molar-refractivity contribution in [3.8, 4) is 5.75 Å². The molecule has 1 heterocycles. The predicted octanol–water partition coefficient (Wildman–Crippen LogP) is 3.16. The Bertz CT molecular complexity index is 1300. The van der Waals surface area contributed by atoms with Gasteiger partial charge < -0.3 is 10.1 Å². The Kier molecular flexibility index (Phi) is 5.82. The molecule has 3 aromatic carbocycles. The first-order chi connectivity index (χ1) is 15.9. The molecule has 33 heavy (non-hydrogen) atoms. The molecule has 164 valence electrons. The highest BCUT2D eigenvalue weighted by molar-refractivity contribution is 6.34. The molecule has 0 atom stereocenters. The zero-order chi connectivity index (χ0) is 23.5. The number of hydrogen-bond acceptors (Lipinski definition) is 6. The van der Waals surface area contributed by atoms with Crippen LogP contribution in [0, 0.1) is 0 Å². The minimum atomic E-state index is -0.575. The van der Waals surface area contributed by atoms with Crippen molar-refractivity contribution in [2.45, 2.75) is 13.5 Å². The van der Waals surface area contributed by atoms with Gasteiger partial charge in [-0.2, -0.15) is 0 Å². The molecule has 8 heteroatoms. The van der Waals surface area contributed by atoms with Gasteiger partial charge in [0.15, 0.2) is 0 Å². The maximum absolute atomic E-state index is 13.0. The van der Waals surface area contributed by atoms with E-state index in [0.717, 1.165) is 16.7 Å². The van der Waals surface area contributed by atoms with Crippen LogP contribution < -0.4 is 15.0 Å². The molecular weight excluding hydrogens is 424 g/mol. The predicted molar refractivity (Wildman–Crippen MR) is 118 cm³/mol. The lowest BCUT2D eigenvalue weighted by Gasteiger charge is -2.14. The molecule has 0 spiro atoms. The summed E-state index contributed by atoms with van der Waals surface area (Å²) in [6, 6.07) is 17.2. The van der Waals surface area contributed by atoms with Crippen LogP contribution in [-0.4, -0.2) is 30.0 Å². The fraction of sp³-hybridized carbons (Fsp3) is 0.0800. The first-order valence-electron chi connectivity index (χ1n) is 10.0. The number of nitrogens with zero attached hydrogens (tertiary/aromatic N) is 1. The number of imide groups is 1. The lowest BCUT2D eigenvalue weighted by molar-refractivity contribution is -0.131. The number of amides is 3. The van der Waals surface area contributed by atoms with Crippen molar-refractivity contribution in [2.75, 3.05) is 4.90 Å². The van der Waals surface area contributed by atoms with E-state index in [2.05, 4.69) is 5.32 Å². The van der Waals surface area contributed by atoms with E-state index in [1.54, 1.807) is 36.4 Å². The van der Waals surface area contributed by atoms with E-state index >= 15 is 0 Å². The van der Waals surface area contributed by atoms with E-state index in [9.17, 15) is 24.0 Å². The first-order valence-corrected chi connectivity index (χ1v) is 10.0. The highest BCUT2D eigenvalue weighted by atomic mass is 16.5. The maximum atomic E-state index is 13.0. The van der Waals surface area contributed by atoms with Gasteiger partial charge >= 0.3 is 5.97 Å². The number of carbonyl (C=O) groups excluding carboxylic acids is 5. The molecule has 0 aliphatic carbocycles. The third kappa shape index (κ3) is 4.40. The van der Waals surface area contributed by atoms with Crippen molar-refractivity contribution in [3.05, 3.63) is 94.5 Å². The van der Waals surface area contributed by atoms with Crippen molar-refractivity contribution in [3.63, 3.8) is 0 Å². The average molecular weight is 442 g/mol. The molecule has 8 nitrogen and oxygen atoms in total. The Morgan fingerprint density at radius 3 is 2.36 bits per heavy atom. The Balaban J connectivity index is 1.52. The maximum Gasteiger partial charge on any atom is 0.308 e. The van der Waals surface area contributed by atoms with E-state index in [1.165, 1.54) is 37.3 Å². The van der Waals surface area contributed by atoms with Gasteiger partial charge in [-0.15, -0.1) is 0 Å². The second kappa shape index (κ2) is 8.88. The number of ether oxygens (including phenoxy) is 1. The highest BCUT2D eigenvalue weighted by Crippen LogP contribution is 2.31. The van der Waals surface area contributed by atoms with Crippen molar-refractivity contribution in [2.24, 2.45) is 0 Å². The molecule has 1 aliphatic rings. The number of fused-ring (bicyclic) bond motifs is 1. The molecule has 0 saturated heterocycles. The van der Waals surface area contributed by atoms with E-state index in [1.807, 2.05) is 0 Å². The fourth-order valence-electron chi connectivity index (χ4n) is 3.47. The van der Waals surface area contributed by atoms with Gasteiger partial charge in [0.05, 0.1) is 16.8 Å². The smallest absolute Gasteiger partial charge is 0.308 e. The SMILES string of the molecule is CC(=O)Oc1cccc(N2C(=O)c3ccc(C(=O)NCc4ccc(C=O)cc4)cc3C2=O)c1. The molecular formula is C25H18N2O6. The summed E-state index contributed by atoms with van der Waals surface area (Å²) >= 11 is 0. The molecule has 0 fully saturated rings. The number of carbonyl (C=O) groups is 5. The second-order valence-corrected chi connectivity index (χ2v) is 7.34. The number of hydrogen-bond donors (Lipinski definition) is 1. The lowest BCUT2D eigenvalue weighted by atomic mass is 10.1. The van der Waals surface area contributed by atoms with Gasteiger partial charge in [-0.1, -0.05) is 30.3 Å². The third-order valence-corrected chi connectivity index (χ3v) is 5.06. The molecule has 1 N–H and O–H groups in total. The van der Waals surface area contributed by atoms with Crippen LogP contribution in [0.3, 0.4) is 0 Å². The van der Waals surface area contributed by atoms with Crippen molar-refractivity contribution in [1.29, 1.82) is 0 Å². The van der Waals surface area contributed by atoms with Crippen LogP contribution in [0.1, 0.15) is 53.9 Å². The van der Waals surface area contributed by atoms with Crippen LogP contribution >= 0.6 is 0 Å². The summed E-state index contributed by atoms with van der Waals surface area (Å²) in [6.07, 6.45) is 0.737. The summed E-state index contributed by atoms with van der Waals surface area (Å²) in [4.78, 5) is 61.4. The molecule has 1 aliphatic heterocycles. The minimum Gasteiger partial charge on any atom is -0.427 e. The van der Waals surface area contributed by atoms with E-state index in [-0.39, 0.29) is 34.7 Å². The number of rotatable bonds is 6. The van der Waals surface area contributed by atoms with Gasteiger partial charge in [-0.3, -0.25) is 24.0 Å². The second-order valence-electron chi connectivity index (χ2n) is 7.34. The molecule has 0 bridgehead atoms. The lowest BCUT2D eigenvalue weighted by Crippen LogP contribution is -2.29. The summed E-state index contributed by atoms with van der Waals surface area (Å²) in [7, 11) is 0. The average Bonchev–Trinajstić information content (AvgIpc) is 3.07. The van der Waals surface area contributed by atoms with Gasteiger partial charge in [0.25, 0.3) is 17.7 Å². The van der Waals surface area contributed by atoms with Gasteiger partial charge in [-0.05, 0) is 35.9 Å². The number of anilines is 1. The van der Waals surface area contributed by atoms with E-state index in [4.69, 9.17) is 4.74 Å². The highest BCUT2D eigenvalue weighted by Gasteiger charge is 2.37. The summed E-state index contributed by atoms with van der Waals surface area (Å²) in [5, 5.41) is 2.75. The number of aldehydes is 1. The molecule has 0 aromatic heterocycles. The van der Waals surface area contributed by atoms with Crippen LogP contribution in [0.4, 0.5) is 5.69 Å². The van der Waals surface area contributed by atoms with Crippen molar-refractivity contribution >= 4 is 35.7 Å². The zero-order valence-corrected chi connectivity index (χ0v) is 17.5. The largest absolute Gasteiger partial charge is 0.427 e. The minimum absolute atomic E-state index is 0.112. The Morgan fingerprint density at radius 1 is 0.939 bits per heavy atom. The summed E-state index contributed by atoms with van der Waals surface area (Å²) in [5.74, 6) is -1.83. The molecule has 0 saturated carbocycles. The van der Waals surface area contributed by atoms with Crippen molar-refractivity contribution in [1.82, 2.24) is 5.32 Å². The summed E-state index contributed by atoms with van der Waals surface area (Å²) in [6.45, 7) is 1.48. The van der Waals surface area contributed by atoms with Gasteiger partial charge in [0.1, 0.15) is 12.0 Å². The first kappa shape index (κ1) is 21.6. The van der Waals surface area contributed by atoms with Gasteiger partial charge in [-0.25, -0.2) is 4.90 Å². The Labute approximate surface area is 188 Å². The fourth-order valence-corrected chi connectivity index (χ4v) is 3.47. The van der Waals surface area contributed by atoms with Crippen LogP contribution in [-0.2, 0) is 11.3 Å². The van der Waals surface area contributed by atoms with E-state index in [0.29, 0.717) is 5.56 Å². The molecule has 3 aromatic rings. The standard InChI is InChI=1S/C25H18N2O6/c1-15(29)33-20-4-2-3-19(12-20)27-24(31)21-10-9-18(11-22(21)25(27)32)23(30)26-13-16-5-7-17(14-28)8-6-16/h2-12,14H,13H2,1H3,(H,26,30). The Hall–Kier alpha value is -4.59.